The van der Waals surface area contributed by atoms with Crippen molar-refractivity contribution in [2.24, 2.45) is 0 Å². The van der Waals surface area contributed by atoms with Crippen molar-refractivity contribution in [3.05, 3.63) is 70.2 Å². The second-order valence-corrected chi connectivity index (χ2v) is 4.74. The highest BCUT2D eigenvalue weighted by molar-refractivity contribution is 5.41. The molecule has 0 saturated heterocycles. The lowest BCUT2D eigenvalue weighted by atomic mass is 10.3. The van der Waals surface area contributed by atoms with Gasteiger partial charge >= 0.3 is 0 Å². The van der Waals surface area contributed by atoms with Gasteiger partial charge in [-0.3, -0.25) is 10.1 Å². The molecule has 3 rings (SSSR count). The van der Waals surface area contributed by atoms with Crippen molar-refractivity contribution in [3.63, 3.8) is 0 Å². The Balaban J connectivity index is 1.72. The molecule has 21 heavy (non-hydrogen) atoms. The Bertz CT molecular complexity index is 794. The summed E-state index contributed by atoms with van der Waals surface area (Å²) >= 11 is 0. The van der Waals surface area contributed by atoms with E-state index in [9.17, 15) is 10.1 Å². The van der Waals surface area contributed by atoms with Crippen molar-refractivity contribution in [2.45, 2.75) is 13.5 Å². The first-order valence-corrected chi connectivity index (χ1v) is 6.43. The van der Waals surface area contributed by atoms with Crippen molar-refractivity contribution < 1.29 is 9.66 Å². The maximum absolute atomic E-state index is 10.6. The normalized spacial score (nSPS) is 10.7. The summed E-state index contributed by atoms with van der Waals surface area (Å²) in [6.07, 6.45) is 3.91. The highest BCUT2D eigenvalue weighted by Gasteiger charge is 2.06. The number of nitro groups is 1. The summed E-state index contributed by atoms with van der Waals surface area (Å²) in [5.74, 6) is 0.578. The van der Waals surface area contributed by atoms with Gasteiger partial charge < -0.3 is 9.14 Å². The van der Waals surface area contributed by atoms with Crippen molar-refractivity contribution in [2.75, 3.05) is 0 Å². The predicted molar refractivity (Wildman–Crippen MR) is 77.4 cm³/mol. The van der Waals surface area contributed by atoms with Crippen LogP contribution >= 0.6 is 0 Å². The standard InChI is InChI=1S/C15H13N3O3/c1-11-2-7-15-16-12(9-17(15)8-11)10-21-14-5-3-13(4-6-14)18(19)20/h2-9H,10H2,1H3. The molecule has 0 aliphatic carbocycles. The number of imidazole rings is 1. The van der Waals surface area contributed by atoms with Crippen molar-refractivity contribution in [1.82, 2.24) is 9.38 Å². The summed E-state index contributed by atoms with van der Waals surface area (Å²) in [6, 6.07) is 9.95. The van der Waals surface area contributed by atoms with Crippen LogP contribution in [0.5, 0.6) is 5.75 Å². The minimum Gasteiger partial charge on any atom is -0.487 e. The lowest BCUT2D eigenvalue weighted by Gasteiger charge is -2.03. The van der Waals surface area contributed by atoms with E-state index in [0.29, 0.717) is 12.4 Å². The molecular weight excluding hydrogens is 270 g/mol. The number of fused-ring (bicyclic) bond motifs is 1. The first-order valence-electron chi connectivity index (χ1n) is 6.43. The molecule has 106 valence electrons. The third-order valence-corrected chi connectivity index (χ3v) is 3.08. The van der Waals surface area contributed by atoms with E-state index < -0.39 is 4.92 Å². The highest BCUT2D eigenvalue weighted by Crippen LogP contribution is 2.18. The molecule has 0 unspecified atom stereocenters. The van der Waals surface area contributed by atoms with Gasteiger partial charge in [0.1, 0.15) is 18.0 Å². The molecule has 0 N–H and O–H groups in total. The first-order chi connectivity index (χ1) is 10.1. The minimum absolute atomic E-state index is 0.0468. The maximum atomic E-state index is 10.6. The number of hydrogen-bond donors (Lipinski definition) is 0. The van der Waals surface area contributed by atoms with E-state index in [1.54, 1.807) is 12.1 Å². The van der Waals surface area contributed by atoms with Gasteiger partial charge in [0, 0.05) is 24.5 Å². The van der Waals surface area contributed by atoms with Gasteiger partial charge in [-0.05, 0) is 30.7 Å². The van der Waals surface area contributed by atoms with E-state index >= 15 is 0 Å². The molecule has 0 aliphatic rings. The van der Waals surface area contributed by atoms with Crippen LogP contribution in [0.1, 0.15) is 11.3 Å². The lowest BCUT2D eigenvalue weighted by Crippen LogP contribution is -1.95. The summed E-state index contributed by atoms with van der Waals surface area (Å²) in [4.78, 5) is 14.6. The molecule has 0 saturated carbocycles. The number of hydrogen-bond acceptors (Lipinski definition) is 4. The topological polar surface area (TPSA) is 69.7 Å². The molecule has 0 radical (unpaired) electrons. The second kappa shape index (κ2) is 5.24. The molecule has 0 fully saturated rings. The van der Waals surface area contributed by atoms with Crippen LogP contribution in [0.15, 0.2) is 48.8 Å². The monoisotopic (exact) mass is 283 g/mol. The summed E-state index contributed by atoms with van der Waals surface area (Å²) in [5.41, 5.74) is 2.87. The third-order valence-electron chi connectivity index (χ3n) is 3.08. The second-order valence-electron chi connectivity index (χ2n) is 4.74. The summed E-state index contributed by atoms with van der Waals surface area (Å²) < 4.78 is 7.54. The van der Waals surface area contributed by atoms with Gasteiger partial charge in [0.05, 0.1) is 10.6 Å². The molecule has 2 aromatic heterocycles. The Morgan fingerprint density at radius 1 is 1.19 bits per heavy atom. The molecule has 6 nitrogen and oxygen atoms in total. The quantitative estimate of drug-likeness (QED) is 0.545. The number of aromatic nitrogens is 2. The van der Waals surface area contributed by atoms with Gasteiger partial charge in [-0.15, -0.1) is 0 Å². The number of non-ortho nitro benzene ring substituents is 1. The number of rotatable bonds is 4. The molecule has 1 aromatic carbocycles. The third kappa shape index (κ3) is 2.84. The number of nitro benzene ring substituents is 1. The van der Waals surface area contributed by atoms with Crippen molar-refractivity contribution in [3.8, 4) is 5.75 Å². The zero-order chi connectivity index (χ0) is 14.8. The van der Waals surface area contributed by atoms with E-state index in [1.807, 2.05) is 35.9 Å². The van der Waals surface area contributed by atoms with Crippen LogP contribution in [0, 0.1) is 17.0 Å². The molecule has 0 spiro atoms. The molecule has 2 heterocycles. The van der Waals surface area contributed by atoms with Crippen LogP contribution in [0.25, 0.3) is 5.65 Å². The number of benzene rings is 1. The fourth-order valence-electron chi connectivity index (χ4n) is 2.05. The first kappa shape index (κ1) is 13.1. The van der Waals surface area contributed by atoms with Crippen LogP contribution in [0.2, 0.25) is 0 Å². The molecule has 3 aromatic rings. The maximum Gasteiger partial charge on any atom is 0.269 e. The highest BCUT2D eigenvalue weighted by atomic mass is 16.6. The molecule has 0 aliphatic heterocycles. The van der Waals surface area contributed by atoms with Crippen LogP contribution in [0.4, 0.5) is 5.69 Å². The van der Waals surface area contributed by atoms with Gasteiger partial charge in [-0.1, -0.05) is 6.07 Å². The van der Waals surface area contributed by atoms with Gasteiger partial charge in [0.25, 0.3) is 5.69 Å². The predicted octanol–water partition coefficient (Wildman–Crippen LogP) is 3.13. The van der Waals surface area contributed by atoms with Crippen LogP contribution in [-0.2, 0) is 6.61 Å². The van der Waals surface area contributed by atoms with Crippen LogP contribution in [0.3, 0.4) is 0 Å². The van der Waals surface area contributed by atoms with E-state index in [0.717, 1.165) is 16.9 Å². The van der Waals surface area contributed by atoms with E-state index in [2.05, 4.69) is 4.98 Å². The number of ether oxygens (including phenoxy) is 1. The number of nitrogens with zero attached hydrogens (tertiary/aromatic N) is 3. The van der Waals surface area contributed by atoms with Gasteiger partial charge in [-0.25, -0.2) is 4.98 Å². The Hall–Kier alpha value is -2.89. The van der Waals surface area contributed by atoms with Gasteiger partial charge in [-0.2, -0.15) is 0 Å². The van der Waals surface area contributed by atoms with Crippen LogP contribution < -0.4 is 4.74 Å². The molecular formula is C15H13N3O3. The summed E-state index contributed by atoms with van der Waals surface area (Å²) in [7, 11) is 0. The SMILES string of the molecule is Cc1ccc2nc(COc3ccc([N+](=O)[O-])cc3)cn2c1. The van der Waals surface area contributed by atoms with E-state index in [4.69, 9.17) is 4.74 Å². The zero-order valence-electron chi connectivity index (χ0n) is 11.4. The van der Waals surface area contributed by atoms with Crippen LogP contribution in [-0.4, -0.2) is 14.3 Å². The fourth-order valence-corrected chi connectivity index (χ4v) is 2.05. The number of pyridine rings is 1. The average molecular weight is 283 g/mol. The summed E-state index contributed by atoms with van der Waals surface area (Å²) in [6.45, 7) is 2.34. The summed E-state index contributed by atoms with van der Waals surface area (Å²) in [5, 5.41) is 10.6. The Kier molecular flexibility index (Phi) is 3.27. The van der Waals surface area contributed by atoms with Crippen molar-refractivity contribution >= 4 is 11.3 Å². The molecule has 0 bridgehead atoms. The minimum atomic E-state index is -0.436. The molecule has 6 heteroatoms. The van der Waals surface area contributed by atoms with E-state index in [-0.39, 0.29) is 5.69 Å². The fraction of sp³-hybridized carbons (Fsp3) is 0.133. The Labute approximate surface area is 120 Å². The molecule has 0 amide bonds. The average Bonchev–Trinajstić information content (AvgIpc) is 2.87. The van der Waals surface area contributed by atoms with Gasteiger partial charge in [0.2, 0.25) is 0 Å². The van der Waals surface area contributed by atoms with E-state index in [1.165, 1.54) is 12.1 Å². The number of aryl methyl sites for hydroxylation is 1. The molecule has 0 atom stereocenters. The van der Waals surface area contributed by atoms with Gasteiger partial charge in [0.15, 0.2) is 0 Å². The largest absolute Gasteiger partial charge is 0.487 e. The smallest absolute Gasteiger partial charge is 0.269 e. The zero-order valence-corrected chi connectivity index (χ0v) is 11.4. The van der Waals surface area contributed by atoms with Crippen molar-refractivity contribution in [1.29, 1.82) is 0 Å². The Morgan fingerprint density at radius 3 is 2.67 bits per heavy atom. The lowest BCUT2D eigenvalue weighted by molar-refractivity contribution is -0.384. The Morgan fingerprint density at radius 2 is 1.95 bits per heavy atom.